The minimum atomic E-state index is 0.169. The molecule has 1 saturated carbocycles. The highest BCUT2D eigenvalue weighted by molar-refractivity contribution is 5.96. The fraction of sp³-hybridized carbons (Fsp3) is 0.765. The van der Waals surface area contributed by atoms with Gasteiger partial charge in [0.1, 0.15) is 0 Å². The molecule has 5 nitrogen and oxygen atoms in total. The Balaban J connectivity index is 1.68. The molecule has 3 rings (SSSR count). The molecule has 0 atom stereocenters. The second kappa shape index (κ2) is 6.41. The van der Waals surface area contributed by atoms with Crippen LogP contribution in [-0.4, -0.2) is 58.2 Å². The van der Waals surface area contributed by atoms with Gasteiger partial charge in [0, 0.05) is 38.4 Å². The SMILES string of the molecule is CCn1nc(C)c(C(=O)N2CCCN(CC3CC3)CC2)c1C. The summed E-state index contributed by atoms with van der Waals surface area (Å²) in [5.74, 6) is 1.09. The van der Waals surface area contributed by atoms with Gasteiger partial charge in [-0.25, -0.2) is 0 Å². The van der Waals surface area contributed by atoms with E-state index < -0.39 is 0 Å². The Hall–Kier alpha value is -1.36. The number of hydrogen-bond donors (Lipinski definition) is 0. The molecule has 0 bridgehead atoms. The Labute approximate surface area is 133 Å². The molecule has 0 unspecified atom stereocenters. The van der Waals surface area contributed by atoms with Crippen LogP contribution >= 0.6 is 0 Å². The summed E-state index contributed by atoms with van der Waals surface area (Å²) in [6, 6.07) is 0. The zero-order valence-corrected chi connectivity index (χ0v) is 14.1. The van der Waals surface area contributed by atoms with Gasteiger partial charge in [-0.3, -0.25) is 9.48 Å². The van der Waals surface area contributed by atoms with Crippen LogP contribution in [0.3, 0.4) is 0 Å². The van der Waals surface area contributed by atoms with Crippen LogP contribution in [0.25, 0.3) is 0 Å². The molecule has 1 saturated heterocycles. The van der Waals surface area contributed by atoms with Crippen LogP contribution < -0.4 is 0 Å². The zero-order valence-electron chi connectivity index (χ0n) is 14.1. The van der Waals surface area contributed by atoms with E-state index in [2.05, 4.69) is 16.9 Å². The molecule has 2 fully saturated rings. The maximum atomic E-state index is 12.9. The van der Waals surface area contributed by atoms with Crippen LogP contribution in [0.15, 0.2) is 0 Å². The van der Waals surface area contributed by atoms with Gasteiger partial charge in [0.05, 0.1) is 11.3 Å². The van der Waals surface area contributed by atoms with Crippen molar-refractivity contribution in [3.63, 3.8) is 0 Å². The maximum absolute atomic E-state index is 12.9. The van der Waals surface area contributed by atoms with Crippen molar-refractivity contribution in [2.45, 2.75) is 46.6 Å². The minimum absolute atomic E-state index is 0.169. The van der Waals surface area contributed by atoms with Gasteiger partial charge >= 0.3 is 0 Å². The maximum Gasteiger partial charge on any atom is 0.257 e. The summed E-state index contributed by atoms with van der Waals surface area (Å²) < 4.78 is 1.93. The Kier molecular flexibility index (Phi) is 4.52. The van der Waals surface area contributed by atoms with Gasteiger partial charge in [0.15, 0.2) is 0 Å². The standard InChI is InChI=1S/C17H28N4O/c1-4-21-14(3)16(13(2)18-21)17(22)20-9-5-8-19(10-11-20)12-15-6-7-15/h15H,4-12H2,1-3H3. The van der Waals surface area contributed by atoms with Crippen molar-refractivity contribution in [1.82, 2.24) is 19.6 Å². The first-order chi connectivity index (χ1) is 10.6. The molecule has 22 heavy (non-hydrogen) atoms. The average molecular weight is 304 g/mol. The number of aryl methyl sites for hydroxylation is 2. The van der Waals surface area contributed by atoms with Crippen LogP contribution in [0, 0.1) is 19.8 Å². The number of rotatable bonds is 4. The van der Waals surface area contributed by atoms with Gasteiger partial charge in [0.2, 0.25) is 0 Å². The third kappa shape index (κ3) is 3.19. The van der Waals surface area contributed by atoms with E-state index in [1.54, 1.807) is 0 Å². The summed E-state index contributed by atoms with van der Waals surface area (Å²) in [6.45, 7) is 11.9. The third-order valence-corrected chi connectivity index (χ3v) is 4.98. The molecule has 0 spiro atoms. The Morgan fingerprint density at radius 2 is 1.95 bits per heavy atom. The van der Waals surface area contributed by atoms with Crippen molar-refractivity contribution < 1.29 is 4.79 Å². The second-order valence-electron chi connectivity index (χ2n) is 6.75. The first-order valence-corrected chi connectivity index (χ1v) is 8.65. The smallest absolute Gasteiger partial charge is 0.257 e. The first-order valence-electron chi connectivity index (χ1n) is 8.65. The van der Waals surface area contributed by atoms with E-state index in [9.17, 15) is 4.79 Å². The van der Waals surface area contributed by atoms with Crippen molar-refractivity contribution >= 4 is 5.91 Å². The molecule has 0 radical (unpaired) electrons. The van der Waals surface area contributed by atoms with Crippen LogP contribution in [0.4, 0.5) is 0 Å². The summed E-state index contributed by atoms with van der Waals surface area (Å²) in [5, 5.41) is 4.49. The third-order valence-electron chi connectivity index (χ3n) is 4.98. The number of amides is 1. The summed E-state index contributed by atoms with van der Waals surface area (Å²) >= 11 is 0. The molecule has 1 aromatic heterocycles. The predicted molar refractivity (Wildman–Crippen MR) is 87.1 cm³/mol. The summed E-state index contributed by atoms with van der Waals surface area (Å²) in [6.07, 6.45) is 3.87. The van der Waals surface area contributed by atoms with Gasteiger partial charge in [-0.15, -0.1) is 0 Å². The predicted octanol–water partition coefficient (Wildman–Crippen LogP) is 2.08. The minimum Gasteiger partial charge on any atom is -0.337 e. The van der Waals surface area contributed by atoms with Gasteiger partial charge in [-0.2, -0.15) is 5.10 Å². The number of nitrogens with zero attached hydrogens (tertiary/aromatic N) is 4. The van der Waals surface area contributed by atoms with Crippen molar-refractivity contribution in [3.8, 4) is 0 Å². The second-order valence-corrected chi connectivity index (χ2v) is 6.75. The Morgan fingerprint density at radius 3 is 2.59 bits per heavy atom. The normalized spacial score (nSPS) is 20.2. The molecule has 0 N–H and O–H groups in total. The molecular formula is C17H28N4O. The molecule has 1 amide bonds. The summed E-state index contributed by atoms with van der Waals surface area (Å²) in [5.41, 5.74) is 2.69. The highest BCUT2D eigenvalue weighted by Crippen LogP contribution is 2.30. The molecule has 1 aromatic rings. The number of carbonyl (C=O) groups excluding carboxylic acids is 1. The van der Waals surface area contributed by atoms with Gasteiger partial charge in [-0.05, 0) is 52.5 Å². The first kappa shape index (κ1) is 15.5. The molecule has 5 heteroatoms. The van der Waals surface area contributed by atoms with E-state index in [1.165, 1.54) is 19.4 Å². The van der Waals surface area contributed by atoms with E-state index in [0.29, 0.717) is 0 Å². The van der Waals surface area contributed by atoms with Crippen LogP contribution in [0.2, 0.25) is 0 Å². The number of hydrogen-bond acceptors (Lipinski definition) is 3. The van der Waals surface area contributed by atoms with E-state index >= 15 is 0 Å². The average Bonchev–Trinajstić information content (AvgIpc) is 3.28. The number of carbonyl (C=O) groups is 1. The van der Waals surface area contributed by atoms with E-state index in [0.717, 1.165) is 62.0 Å². The quantitative estimate of drug-likeness (QED) is 0.855. The molecule has 1 aliphatic heterocycles. The lowest BCUT2D eigenvalue weighted by molar-refractivity contribution is 0.0759. The largest absolute Gasteiger partial charge is 0.337 e. The molecule has 2 aliphatic rings. The van der Waals surface area contributed by atoms with Crippen LogP contribution in [-0.2, 0) is 6.54 Å². The fourth-order valence-corrected chi connectivity index (χ4v) is 3.49. The van der Waals surface area contributed by atoms with Crippen molar-refractivity contribution in [2.24, 2.45) is 5.92 Å². The van der Waals surface area contributed by atoms with Gasteiger partial charge in [0.25, 0.3) is 5.91 Å². The van der Waals surface area contributed by atoms with Gasteiger partial charge < -0.3 is 9.80 Å². The molecular weight excluding hydrogens is 276 g/mol. The molecule has 1 aliphatic carbocycles. The lowest BCUT2D eigenvalue weighted by Crippen LogP contribution is -2.36. The Morgan fingerprint density at radius 1 is 1.18 bits per heavy atom. The summed E-state index contributed by atoms with van der Waals surface area (Å²) in [4.78, 5) is 17.5. The highest BCUT2D eigenvalue weighted by atomic mass is 16.2. The summed E-state index contributed by atoms with van der Waals surface area (Å²) in [7, 11) is 0. The number of aromatic nitrogens is 2. The highest BCUT2D eigenvalue weighted by Gasteiger charge is 2.28. The van der Waals surface area contributed by atoms with Gasteiger partial charge in [-0.1, -0.05) is 0 Å². The van der Waals surface area contributed by atoms with Crippen LogP contribution in [0.1, 0.15) is 47.9 Å². The fourth-order valence-electron chi connectivity index (χ4n) is 3.49. The lowest BCUT2D eigenvalue weighted by Gasteiger charge is -2.22. The van der Waals surface area contributed by atoms with Crippen molar-refractivity contribution in [2.75, 3.05) is 32.7 Å². The topological polar surface area (TPSA) is 41.4 Å². The monoisotopic (exact) mass is 304 g/mol. The van der Waals surface area contributed by atoms with E-state index in [-0.39, 0.29) is 5.91 Å². The van der Waals surface area contributed by atoms with E-state index in [4.69, 9.17) is 0 Å². The van der Waals surface area contributed by atoms with E-state index in [1.807, 2.05) is 23.4 Å². The Bertz CT molecular complexity index is 547. The van der Waals surface area contributed by atoms with Crippen LogP contribution in [0.5, 0.6) is 0 Å². The van der Waals surface area contributed by atoms with Crippen molar-refractivity contribution in [3.05, 3.63) is 17.0 Å². The lowest BCUT2D eigenvalue weighted by atomic mass is 10.1. The molecule has 122 valence electrons. The molecule has 2 heterocycles. The molecule has 0 aromatic carbocycles. The van der Waals surface area contributed by atoms with Crippen molar-refractivity contribution in [1.29, 1.82) is 0 Å². The zero-order chi connectivity index (χ0) is 15.7.